The minimum absolute atomic E-state index is 0. The highest BCUT2D eigenvalue weighted by Crippen LogP contribution is 2.37. The normalized spacial score (nSPS) is 19.1. The maximum absolute atomic E-state index is 5.98. The van der Waals surface area contributed by atoms with Crippen LogP contribution in [0.15, 0.2) is 12.1 Å². The molecule has 0 radical (unpaired) electrons. The molecule has 1 aliphatic rings. The Hall–Kier alpha value is -0.930. The summed E-state index contributed by atoms with van der Waals surface area (Å²) in [5.74, 6) is 0.791. The Morgan fingerprint density at radius 3 is 2.79 bits per heavy atom. The number of hydrogen-bond acceptors (Lipinski definition) is 3. The monoisotopic (exact) mass is 214 g/mol. The molecule has 0 saturated carbocycles. The van der Waals surface area contributed by atoms with Gasteiger partial charge in [0.05, 0.1) is 12.3 Å². The topological polar surface area (TPSA) is 61.3 Å². The van der Waals surface area contributed by atoms with Crippen LogP contribution < -0.4 is 16.2 Å². The van der Waals surface area contributed by atoms with Gasteiger partial charge in [-0.25, -0.2) is 0 Å². The summed E-state index contributed by atoms with van der Waals surface area (Å²) in [6, 6.07) is 3.93. The van der Waals surface area contributed by atoms with Gasteiger partial charge >= 0.3 is 0 Å². The number of nitrogen functional groups attached to an aromatic ring is 1. The second kappa shape index (κ2) is 4.07. The molecule has 1 aliphatic heterocycles. The van der Waals surface area contributed by atoms with E-state index in [1.807, 2.05) is 19.1 Å². The SMILES string of the molecule is Cc1ccc(N)c2c1[C@H](N)CCO2.Cl. The lowest BCUT2D eigenvalue weighted by molar-refractivity contribution is 0.270. The summed E-state index contributed by atoms with van der Waals surface area (Å²) in [7, 11) is 0. The predicted octanol–water partition coefficient (Wildman–Crippen LogP) is 1.78. The van der Waals surface area contributed by atoms with Crippen LogP contribution in [0.25, 0.3) is 0 Å². The zero-order valence-electron chi connectivity index (χ0n) is 8.12. The zero-order valence-corrected chi connectivity index (χ0v) is 8.93. The van der Waals surface area contributed by atoms with E-state index in [9.17, 15) is 0 Å². The van der Waals surface area contributed by atoms with Crippen LogP contribution in [-0.4, -0.2) is 6.61 Å². The quantitative estimate of drug-likeness (QED) is 0.648. The lowest BCUT2D eigenvalue weighted by Gasteiger charge is -2.25. The Labute approximate surface area is 89.8 Å². The maximum atomic E-state index is 5.98. The molecule has 4 N–H and O–H groups in total. The first-order valence-electron chi connectivity index (χ1n) is 4.47. The van der Waals surface area contributed by atoms with Gasteiger partial charge in [-0.3, -0.25) is 0 Å². The first-order valence-corrected chi connectivity index (χ1v) is 4.47. The predicted molar refractivity (Wildman–Crippen MR) is 59.9 cm³/mol. The van der Waals surface area contributed by atoms with Crippen molar-refractivity contribution in [2.75, 3.05) is 12.3 Å². The van der Waals surface area contributed by atoms with Gasteiger partial charge in [-0.2, -0.15) is 0 Å². The van der Waals surface area contributed by atoms with E-state index >= 15 is 0 Å². The Morgan fingerprint density at radius 1 is 1.43 bits per heavy atom. The van der Waals surface area contributed by atoms with Crippen molar-refractivity contribution in [1.29, 1.82) is 0 Å². The third-order valence-corrected chi connectivity index (χ3v) is 2.49. The molecule has 0 aromatic heterocycles. The van der Waals surface area contributed by atoms with Crippen LogP contribution in [0.4, 0.5) is 5.69 Å². The third kappa shape index (κ3) is 1.65. The summed E-state index contributed by atoms with van der Waals surface area (Å²) >= 11 is 0. The highest BCUT2D eigenvalue weighted by molar-refractivity contribution is 5.85. The minimum Gasteiger partial charge on any atom is -0.491 e. The Balaban J connectivity index is 0.000000980. The molecule has 0 unspecified atom stereocenters. The standard InChI is InChI=1S/C10H14N2O.ClH/c1-6-2-3-8(12)10-9(6)7(11)4-5-13-10;/h2-3,7H,4-5,11-12H2,1H3;1H/t7-;/m1./s1. The summed E-state index contributed by atoms with van der Waals surface area (Å²) in [6.07, 6.45) is 0.872. The van der Waals surface area contributed by atoms with Gasteiger partial charge < -0.3 is 16.2 Å². The summed E-state index contributed by atoms with van der Waals surface area (Å²) < 4.78 is 5.50. The summed E-state index contributed by atoms with van der Waals surface area (Å²) in [6.45, 7) is 2.70. The number of nitrogens with two attached hydrogens (primary N) is 2. The van der Waals surface area contributed by atoms with E-state index < -0.39 is 0 Å². The van der Waals surface area contributed by atoms with Gasteiger partial charge in [0.25, 0.3) is 0 Å². The van der Waals surface area contributed by atoms with Gasteiger partial charge in [0.2, 0.25) is 0 Å². The molecular weight excluding hydrogens is 200 g/mol. The van der Waals surface area contributed by atoms with E-state index in [1.165, 1.54) is 0 Å². The van der Waals surface area contributed by atoms with E-state index in [0.717, 1.165) is 23.3 Å². The molecule has 2 rings (SSSR count). The number of benzene rings is 1. The minimum atomic E-state index is 0. The Kier molecular flexibility index (Phi) is 3.24. The Morgan fingerprint density at radius 2 is 2.14 bits per heavy atom. The number of halogens is 1. The van der Waals surface area contributed by atoms with Crippen LogP contribution in [0.2, 0.25) is 0 Å². The maximum Gasteiger partial charge on any atom is 0.147 e. The highest BCUT2D eigenvalue weighted by Gasteiger charge is 2.21. The third-order valence-electron chi connectivity index (χ3n) is 2.49. The molecule has 1 heterocycles. The number of hydrogen-bond donors (Lipinski definition) is 2. The van der Waals surface area contributed by atoms with Crippen LogP contribution in [0.3, 0.4) is 0 Å². The second-order valence-corrected chi connectivity index (χ2v) is 3.46. The number of rotatable bonds is 0. The molecular formula is C10H15ClN2O. The zero-order chi connectivity index (χ0) is 9.42. The molecule has 0 amide bonds. The lowest BCUT2D eigenvalue weighted by atomic mass is 9.96. The van der Waals surface area contributed by atoms with E-state index in [1.54, 1.807) is 0 Å². The number of fused-ring (bicyclic) bond motifs is 1. The van der Waals surface area contributed by atoms with E-state index in [4.69, 9.17) is 16.2 Å². The summed E-state index contributed by atoms with van der Waals surface area (Å²) in [5.41, 5.74) is 14.7. The van der Waals surface area contributed by atoms with Crippen molar-refractivity contribution >= 4 is 18.1 Å². The van der Waals surface area contributed by atoms with Crippen molar-refractivity contribution in [2.24, 2.45) is 5.73 Å². The van der Waals surface area contributed by atoms with Crippen LogP contribution in [0, 0.1) is 6.92 Å². The molecule has 0 bridgehead atoms. The number of ether oxygens (including phenoxy) is 1. The molecule has 4 heteroatoms. The average molecular weight is 215 g/mol. The first kappa shape index (κ1) is 11.1. The van der Waals surface area contributed by atoms with Crippen LogP contribution in [-0.2, 0) is 0 Å². The molecule has 1 aromatic carbocycles. The lowest BCUT2D eigenvalue weighted by Crippen LogP contribution is -2.22. The van der Waals surface area contributed by atoms with E-state index in [0.29, 0.717) is 12.3 Å². The van der Waals surface area contributed by atoms with Crippen molar-refractivity contribution in [3.05, 3.63) is 23.3 Å². The number of aryl methyl sites for hydroxylation is 1. The van der Waals surface area contributed by atoms with Gasteiger partial charge in [0.15, 0.2) is 0 Å². The van der Waals surface area contributed by atoms with E-state index in [2.05, 4.69) is 0 Å². The molecule has 0 fully saturated rings. The molecule has 1 aromatic rings. The van der Waals surface area contributed by atoms with Crippen molar-refractivity contribution in [3.63, 3.8) is 0 Å². The van der Waals surface area contributed by atoms with Gasteiger partial charge in [-0.1, -0.05) is 6.07 Å². The van der Waals surface area contributed by atoms with Crippen LogP contribution in [0.5, 0.6) is 5.75 Å². The smallest absolute Gasteiger partial charge is 0.147 e. The second-order valence-electron chi connectivity index (χ2n) is 3.46. The molecule has 1 atom stereocenters. The first-order chi connectivity index (χ1) is 6.20. The highest BCUT2D eigenvalue weighted by atomic mass is 35.5. The molecule has 0 aliphatic carbocycles. The molecule has 0 saturated heterocycles. The van der Waals surface area contributed by atoms with Gasteiger partial charge in [0, 0.05) is 18.0 Å². The molecule has 3 nitrogen and oxygen atoms in total. The van der Waals surface area contributed by atoms with Crippen LogP contribution in [0.1, 0.15) is 23.6 Å². The van der Waals surface area contributed by atoms with Crippen LogP contribution >= 0.6 is 12.4 Å². The summed E-state index contributed by atoms with van der Waals surface area (Å²) in [4.78, 5) is 0. The van der Waals surface area contributed by atoms with Gasteiger partial charge in [0.1, 0.15) is 5.75 Å². The van der Waals surface area contributed by atoms with Crippen molar-refractivity contribution < 1.29 is 4.74 Å². The molecule has 14 heavy (non-hydrogen) atoms. The van der Waals surface area contributed by atoms with Gasteiger partial charge in [-0.05, 0) is 18.6 Å². The van der Waals surface area contributed by atoms with Crippen molar-refractivity contribution in [1.82, 2.24) is 0 Å². The molecule has 0 spiro atoms. The number of anilines is 1. The fraction of sp³-hybridized carbons (Fsp3) is 0.400. The average Bonchev–Trinajstić information content (AvgIpc) is 2.12. The fourth-order valence-corrected chi connectivity index (χ4v) is 1.77. The van der Waals surface area contributed by atoms with Crippen molar-refractivity contribution in [3.8, 4) is 5.75 Å². The van der Waals surface area contributed by atoms with Gasteiger partial charge in [-0.15, -0.1) is 12.4 Å². The fourth-order valence-electron chi connectivity index (χ4n) is 1.77. The Bertz CT molecular complexity index is 341. The van der Waals surface area contributed by atoms with Crippen molar-refractivity contribution in [2.45, 2.75) is 19.4 Å². The largest absolute Gasteiger partial charge is 0.491 e. The van der Waals surface area contributed by atoms with E-state index in [-0.39, 0.29) is 18.4 Å². The summed E-state index contributed by atoms with van der Waals surface area (Å²) in [5, 5.41) is 0. The molecule has 78 valence electrons.